The Morgan fingerprint density at radius 2 is 1.91 bits per heavy atom. The first-order valence-electron chi connectivity index (χ1n) is 6.70. The first kappa shape index (κ1) is 15.7. The molecule has 112 valence electrons. The van der Waals surface area contributed by atoms with Crippen LogP contribution in [0.1, 0.15) is 0 Å². The fraction of sp³-hybridized carbons (Fsp3) is 0.125. The molecule has 3 rings (SSSR count). The molecule has 0 radical (unpaired) electrons. The van der Waals surface area contributed by atoms with E-state index < -0.39 is 0 Å². The Kier molecular flexibility index (Phi) is 4.62. The number of anilines is 2. The number of nitrogens with one attached hydrogen (secondary N) is 1. The van der Waals surface area contributed by atoms with Gasteiger partial charge in [0.25, 0.3) is 0 Å². The smallest absolute Gasteiger partial charge is 0.224 e. The highest BCUT2D eigenvalue weighted by atomic mass is 79.9. The van der Waals surface area contributed by atoms with E-state index in [9.17, 15) is 0 Å². The number of hydrogen-bond acceptors (Lipinski definition) is 3. The van der Waals surface area contributed by atoms with E-state index in [0.717, 1.165) is 10.2 Å². The summed E-state index contributed by atoms with van der Waals surface area (Å²) in [7, 11) is -0.284. The minimum atomic E-state index is -0.284. The lowest BCUT2D eigenvalue weighted by molar-refractivity contribution is 1.15. The van der Waals surface area contributed by atoms with Gasteiger partial charge in [-0.1, -0.05) is 38.3 Å². The van der Waals surface area contributed by atoms with E-state index in [1.54, 1.807) is 6.20 Å². The maximum absolute atomic E-state index is 5.90. The zero-order valence-corrected chi connectivity index (χ0v) is 15.4. The van der Waals surface area contributed by atoms with Crippen LogP contribution in [0.4, 0.5) is 11.5 Å². The number of nitrogens with zero attached hydrogens (tertiary/aromatic N) is 2. The normalized spacial score (nSPS) is 11.1. The first-order chi connectivity index (χ1) is 10.6. The largest absolute Gasteiger partial charge is 0.339 e. The molecule has 1 heterocycles. The zero-order chi connectivity index (χ0) is 15.7. The van der Waals surface area contributed by atoms with Crippen molar-refractivity contribution in [2.45, 2.75) is 0 Å². The fourth-order valence-electron chi connectivity index (χ4n) is 2.40. The van der Waals surface area contributed by atoms with Crippen molar-refractivity contribution in [1.29, 1.82) is 0 Å². The van der Waals surface area contributed by atoms with Crippen molar-refractivity contribution in [3.05, 3.63) is 52.4 Å². The maximum Gasteiger partial charge on any atom is 0.224 e. The molecule has 0 aliphatic carbocycles. The van der Waals surface area contributed by atoms with Crippen LogP contribution in [0.3, 0.4) is 0 Å². The number of aromatic nitrogens is 2. The minimum absolute atomic E-state index is 0.225. The molecule has 22 heavy (non-hydrogen) atoms. The van der Waals surface area contributed by atoms with Gasteiger partial charge < -0.3 is 5.32 Å². The first-order valence-corrected chi connectivity index (χ1v) is 10.1. The van der Waals surface area contributed by atoms with Crippen molar-refractivity contribution in [3.8, 4) is 0 Å². The van der Waals surface area contributed by atoms with E-state index in [1.165, 1.54) is 16.1 Å². The van der Waals surface area contributed by atoms with Crippen LogP contribution >= 0.6 is 35.5 Å². The molecular weight excluding hydrogens is 381 g/mol. The Hall–Kier alpha value is -1.22. The van der Waals surface area contributed by atoms with Gasteiger partial charge in [0, 0.05) is 17.2 Å². The molecule has 0 amide bonds. The Bertz CT molecular complexity index is 839. The van der Waals surface area contributed by atoms with Crippen molar-refractivity contribution in [2.24, 2.45) is 0 Å². The molecule has 0 aliphatic rings. The van der Waals surface area contributed by atoms with Crippen LogP contribution in [0, 0.1) is 0 Å². The van der Waals surface area contributed by atoms with Crippen LogP contribution in [0.15, 0.2) is 47.1 Å². The molecule has 0 fully saturated rings. The van der Waals surface area contributed by atoms with E-state index in [1.807, 2.05) is 0 Å². The van der Waals surface area contributed by atoms with Crippen LogP contribution in [0.25, 0.3) is 10.8 Å². The standard InChI is InChI=1S/C16H14BrClN3P/c1-22(2)14-11-6-4-3-5-10(11)7-8-13(14)20-15-12(17)9-19-16(18)21-15/h3-9H,1-2H3,(H,19,20,21). The summed E-state index contributed by atoms with van der Waals surface area (Å²) in [6.45, 7) is 4.51. The molecule has 0 saturated heterocycles. The van der Waals surface area contributed by atoms with E-state index in [-0.39, 0.29) is 13.2 Å². The molecule has 0 atom stereocenters. The molecule has 3 aromatic rings. The van der Waals surface area contributed by atoms with Crippen molar-refractivity contribution >= 4 is 63.0 Å². The topological polar surface area (TPSA) is 37.8 Å². The van der Waals surface area contributed by atoms with E-state index in [0.29, 0.717) is 5.82 Å². The second kappa shape index (κ2) is 6.49. The summed E-state index contributed by atoms with van der Waals surface area (Å²) in [4.78, 5) is 8.21. The number of rotatable bonds is 3. The third kappa shape index (κ3) is 3.10. The van der Waals surface area contributed by atoms with Gasteiger partial charge in [-0.05, 0) is 57.7 Å². The average Bonchev–Trinajstić information content (AvgIpc) is 2.50. The van der Waals surface area contributed by atoms with Gasteiger partial charge in [-0.15, -0.1) is 0 Å². The minimum Gasteiger partial charge on any atom is -0.339 e. The summed E-state index contributed by atoms with van der Waals surface area (Å²) in [5, 5.41) is 7.47. The van der Waals surface area contributed by atoms with E-state index in [4.69, 9.17) is 11.6 Å². The number of hydrogen-bond donors (Lipinski definition) is 1. The number of halogens is 2. The third-order valence-electron chi connectivity index (χ3n) is 3.32. The van der Waals surface area contributed by atoms with Crippen molar-refractivity contribution in [1.82, 2.24) is 9.97 Å². The van der Waals surface area contributed by atoms with Gasteiger partial charge in [0.05, 0.1) is 4.47 Å². The molecule has 0 saturated carbocycles. The second-order valence-corrected chi connectivity index (χ2v) is 8.47. The summed E-state index contributed by atoms with van der Waals surface area (Å²) in [5.41, 5.74) is 1.06. The van der Waals surface area contributed by atoms with E-state index in [2.05, 4.69) is 80.9 Å². The molecule has 0 aliphatic heterocycles. The Balaban J connectivity index is 2.14. The highest BCUT2D eigenvalue weighted by molar-refractivity contribution is 9.10. The van der Waals surface area contributed by atoms with Crippen LogP contribution in [-0.2, 0) is 0 Å². The van der Waals surface area contributed by atoms with Gasteiger partial charge in [0.1, 0.15) is 5.82 Å². The van der Waals surface area contributed by atoms with Crippen molar-refractivity contribution in [2.75, 3.05) is 18.6 Å². The SMILES string of the molecule is CP(C)c1c(Nc2nc(Cl)ncc2Br)ccc2ccccc12. The summed E-state index contributed by atoms with van der Waals surface area (Å²) >= 11 is 9.36. The Morgan fingerprint density at radius 3 is 2.68 bits per heavy atom. The van der Waals surface area contributed by atoms with Gasteiger partial charge in [-0.3, -0.25) is 0 Å². The molecule has 3 nitrogen and oxygen atoms in total. The fourth-order valence-corrected chi connectivity index (χ4v) is 4.12. The summed E-state index contributed by atoms with van der Waals surface area (Å²) in [5.74, 6) is 0.674. The van der Waals surface area contributed by atoms with E-state index >= 15 is 0 Å². The van der Waals surface area contributed by atoms with Crippen LogP contribution < -0.4 is 10.6 Å². The second-order valence-electron chi connectivity index (χ2n) is 5.04. The summed E-state index contributed by atoms with van der Waals surface area (Å²) in [6, 6.07) is 12.7. The lowest BCUT2D eigenvalue weighted by atomic mass is 10.1. The van der Waals surface area contributed by atoms with Crippen LogP contribution in [0.5, 0.6) is 0 Å². The lowest BCUT2D eigenvalue weighted by Crippen LogP contribution is -2.10. The van der Waals surface area contributed by atoms with Gasteiger partial charge in [0.15, 0.2) is 0 Å². The number of benzene rings is 2. The quantitative estimate of drug-likeness (QED) is 0.493. The average molecular weight is 395 g/mol. The molecule has 0 unspecified atom stereocenters. The predicted molar refractivity (Wildman–Crippen MR) is 100 cm³/mol. The third-order valence-corrected chi connectivity index (χ3v) is 5.45. The highest BCUT2D eigenvalue weighted by Crippen LogP contribution is 2.35. The molecule has 1 N–H and O–H groups in total. The van der Waals surface area contributed by atoms with Gasteiger partial charge in [0.2, 0.25) is 5.28 Å². The lowest BCUT2D eigenvalue weighted by Gasteiger charge is -2.18. The van der Waals surface area contributed by atoms with Gasteiger partial charge >= 0.3 is 0 Å². The summed E-state index contributed by atoms with van der Waals surface area (Å²) < 4.78 is 0.785. The van der Waals surface area contributed by atoms with Crippen molar-refractivity contribution < 1.29 is 0 Å². The van der Waals surface area contributed by atoms with Gasteiger partial charge in [-0.2, -0.15) is 4.98 Å². The Morgan fingerprint density at radius 1 is 1.14 bits per heavy atom. The van der Waals surface area contributed by atoms with Crippen LogP contribution in [0.2, 0.25) is 5.28 Å². The molecule has 1 aromatic heterocycles. The monoisotopic (exact) mass is 393 g/mol. The van der Waals surface area contributed by atoms with Gasteiger partial charge in [-0.25, -0.2) is 4.98 Å². The maximum atomic E-state index is 5.90. The van der Waals surface area contributed by atoms with Crippen molar-refractivity contribution in [3.63, 3.8) is 0 Å². The highest BCUT2D eigenvalue weighted by Gasteiger charge is 2.13. The zero-order valence-electron chi connectivity index (χ0n) is 12.1. The number of fused-ring (bicyclic) bond motifs is 1. The predicted octanol–water partition coefficient (Wildman–Crippen LogP) is 5.16. The summed E-state index contributed by atoms with van der Waals surface area (Å²) in [6.07, 6.45) is 1.65. The molecule has 2 aromatic carbocycles. The molecular formula is C16H14BrClN3P. The molecule has 0 spiro atoms. The molecule has 6 heteroatoms. The molecule has 0 bridgehead atoms. The Labute approximate surface area is 144 Å². The van der Waals surface area contributed by atoms with Crippen LogP contribution in [-0.4, -0.2) is 23.3 Å².